The first kappa shape index (κ1) is 16.7. The average molecular weight is 417 g/mol. The van der Waals surface area contributed by atoms with Crippen LogP contribution in [0.1, 0.15) is 0 Å². The highest BCUT2D eigenvalue weighted by Gasteiger charge is 2.20. The van der Waals surface area contributed by atoms with Gasteiger partial charge in [0.05, 0.1) is 0 Å². The van der Waals surface area contributed by atoms with E-state index >= 15 is 0 Å². The quantitative estimate of drug-likeness (QED) is 0.257. The molecule has 0 fully saturated rings. The van der Waals surface area contributed by atoms with Gasteiger partial charge in [-0.2, -0.15) is 0 Å². The van der Waals surface area contributed by atoms with E-state index in [9.17, 15) is 0 Å². The Kier molecular flexibility index (Phi) is 3.46. The molecule has 0 amide bonds. The summed E-state index contributed by atoms with van der Waals surface area (Å²) >= 11 is 3.79. The molecular formula is C28H16S2. The van der Waals surface area contributed by atoms with E-state index in [1.807, 2.05) is 23.1 Å². The normalized spacial score (nSPS) is 12.5. The van der Waals surface area contributed by atoms with Crippen LogP contribution in [0.25, 0.3) is 53.2 Å². The highest BCUT2D eigenvalue weighted by atomic mass is 32.2. The second-order valence-corrected chi connectivity index (χ2v) is 9.89. The van der Waals surface area contributed by atoms with Gasteiger partial charge in [-0.3, -0.25) is 0 Å². The van der Waals surface area contributed by atoms with Crippen LogP contribution in [-0.2, 0) is 0 Å². The Morgan fingerprint density at radius 2 is 1.33 bits per heavy atom. The minimum absolute atomic E-state index is 1.29. The number of benzene rings is 5. The molecule has 0 nitrogen and oxygen atoms in total. The van der Waals surface area contributed by atoms with Crippen LogP contribution in [0.2, 0.25) is 0 Å². The van der Waals surface area contributed by atoms with E-state index in [0.717, 1.165) is 0 Å². The van der Waals surface area contributed by atoms with E-state index in [1.54, 1.807) is 0 Å². The van der Waals surface area contributed by atoms with Gasteiger partial charge < -0.3 is 0 Å². The zero-order chi connectivity index (χ0) is 19.7. The van der Waals surface area contributed by atoms with Gasteiger partial charge in [0.25, 0.3) is 0 Å². The number of thiophene rings is 1. The zero-order valence-electron chi connectivity index (χ0n) is 16.1. The van der Waals surface area contributed by atoms with Crippen LogP contribution in [0, 0.1) is 0 Å². The predicted molar refractivity (Wildman–Crippen MR) is 132 cm³/mol. The van der Waals surface area contributed by atoms with Crippen molar-refractivity contribution in [1.29, 1.82) is 0 Å². The van der Waals surface area contributed by atoms with Gasteiger partial charge in [-0.1, -0.05) is 84.6 Å². The van der Waals surface area contributed by atoms with Crippen LogP contribution < -0.4 is 0 Å². The summed E-state index contributed by atoms with van der Waals surface area (Å²) in [5.74, 6) is 0. The van der Waals surface area contributed by atoms with Crippen molar-refractivity contribution >= 4 is 54.0 Å². The standard InChI is InChI=1S/C28H16S2/c1-2-12-24-20(8-1)22-11-5-9-19(28(22)30-24)18-14-15-25-23(16-18)21-10-3-6-17-7-4-13-26(29-25)27(17)21/h1-16H. The van der Waals surface area contributed by atoms with Crippen LogP contribution in [0.5, 0.6) is 0 Å². The van der Waals surface area contributed by atoms with Crippen molar-refractivity contribution in [1.82, 2.24) is 0 Å². The van der Waals surface area contributed by atoms with Crippen molar-refractivity contribution in [2.24, 2.45) is 0 Å². The third kappa shape index (κ3) is 2.29. The fourth-order valence-electron chi connectivity index (χ4n) is 4.71. The summed E-state index contributed by atoms with van der Waals surface area (Å²) in [4.78, 5) is 2.70. The first-order valence-corrected chi connectivity index (χ1v) is 11.7. The van der Waals surface area contributed by atoms with Crippen LogP contribution >= 0.6 is 23.1 Å². The first-order valence-electron chi connectivity index (χ1n) is 10.1. The van der Waals surface area contributed by atoms with E-state index in [4.69, 9.17) is 0 Å². The van der Waals surface area contributed by atoms with Crippen molar-refractivity contribution in [3.05, 3.63) is 97.1 Å². The highest BCUT2D eigenvalue weighted by molar-refractivity contribution is 7.99. The highest BCUT2D eigenvalue weighted by Crippen LogP contribution is 2.49. The van der Waals surface area contributed by atoms with E-state index in [1.165, 1.54) is 63.0 Å². The van der Waals surface area contributed by atoms with Gasteiger partial charge in [-0.25, -0.2) is 0 Å². The fraction of sp³-hybridized carbons (Fsp3) is 0. The Balaban J connectivity index is 1.50. The zero-order valence-corrected chi connectivity index (χ0v) is 17.7. The molecule has 0 N–H and O–H groups in total. The van der Waals surface area contributed by atoms with Crippen molar-refractivity contribution in [2.45, 2.75) is 9.79 Å². The molecule has 2 heterocycles. The summed E-state index contributed by atoms with van der Waals surface area (Å²) in [6, 6.07) is 35.7. The van der Waals surface area contributed by atoms with Gasteiger partial charge >= 0.3 is 0 Å². The van der Waals surface area contributed by atoms with Gasteiger partial charge in [0.2, 0.25) is 0 Å². The van der Waals surface area contributed by atoms with Gasteiger partial charge in [0.1, 0.15) is 0 Å². The topological polar surface area (TPSA) is 0 Å². The molecule has 1 aliphatic rings. The third-order valence-electron chi connectivity index (χ3n) is 6.07. The van der Waals surface area contributed by atoms with Crippen molar-refractivity contribution < 1.29 is 0 Å². The van der Waals surface area contributed by atoms with Crippen LogP contribution in [0.3, 0.4) is 0 Å². The van der Waals surface area contributed by atoms with E-state index in [0.29, 0.717) is 0 Å². The minimum Gasteiger partial charge on any atom is -0.135 e. The molecule has 30 heavy (non-hydrogen) atoms. The molecule has 0 saturated heterocycles. The van der Waals surface area contributed by atoms with Crippen molar-refractivity contribution in [3.63, 3.8) is 0 Å². The molecule has 2 heteroatoms. The second-order valence-electron chi connectivity index (χ2n) is 7.75. The lowest BCUT2D eigenvalue weighted by Crippen LogP contribution is -1.93. The van der Waals surface area contributed by atoms with E-state index in [-0.39, 0.29) is 0 Å². The lowest BCUT2D eigenvalue weighted by atomic mass is 9.94. The molecule has 6 aromatic rings. The van der Waals surface area contributed by atoms with Gasteiger partial charge in [0, 0.05) is 35.3 Å². The molecule has 140 valence electrons. The maximum atomic E-state index is 2.40. The third-order valence-corrected chi connectivity index (χ3v) is 8.43. The number of fused-ring (bicyclic) bond motifs is 5. The Labute approximate surface area is 182 Å². The molecule has 7 rings (SSSR count). The van der Waals surface area contributed by atoms with Crippen LogP contribution in [0.15, 0.2) is 107 Å². The maximum absolute atomic E-state index is 2.40. The molecule has 0 atom stereocenters. The number of hydrogen-bond donors (Lipinski definition) is 0. The van der Waals surface area contributed by atoms with Gasteiger partial charge in [-0.15, -0.1) is 11.3 Å². The summed E-state index contributed by atoms with van der Waals surface area (Å²) in [6.07, 6.45) is 0. The molecule has 0 saturated carbocycles. The second kappa shape index (κ2) is 6.21. The van der Waals surface area contributed by atoms with E-state index in [2.05, 4.69) is 97.1 Å². The summed E-state index contributed by atoms with van der Waals surface area (Å²) in [6.45, 7) is 0. The Morgan fingerprint density at radius 1 is 0.533 bits per heavy atom. The summed E-state index contributed by atoms with van der Waals surface area (Å²) in [7, 11) is 0. The summed E-state index contributed by atoms with van der Waals surface area (Å²) in [5, 5.41) is 5.41. The van der Waals surface area contributed by atoms with Crippen molar-refractivity contribution in [2.75, 3.05) is 0 Å². The molecule has 0 bridgehead atoms. The smallest absolute Gasteiger partial charge is 0.0433 e. The minimum atomic E-state index is 1.29. The molecule has 0 aliphatic carbocycles. The molecule has 0 radical (unpaired) electrons. The monoisotopic (exact) mass is 416 g/mol. The Bertz CT molecular complexity index is 1620. The molecule has 0 unspecified atom stereocenters. The average Bonchev–Trinajstić information content (AvgIpc) is 3.18. The maximum Gasteiger partial charge on any atom is 0.0433 e. The van der Waals surface area contributed by atoms with Crippen LogP contribution in [0.4, 0.5) is 0 Å². The molecule has 1 aromatic heterocycles. The number of hydrogen-bond acceptors (Lipinski definition) is 2. The van der Waals surface area contributed by atoms with Crippen molar-refractivity contribution in [3.8, 4) is 22.3 Å². The van der Waals surface area contributed by atoms with Gasteiger partial charge in [0.15, 0.2) is 0 Å². The molecule has 1 aliphatic heterocycles. The van der Waals surface area contributed by atoms with E-state index < -0.39 is 0 Å². The lowest BCUT2D eigenvalue weighted by molar-refractivity contribution is 1.40. The SMILES string of the molecule is c1cc2c3c(cccc3c1)-c1cc(-c3cccc4c3sc3ccccc34)ccc1S2. The largest absolute Gasteiger partial charge is 0.135 e. The van der Waals surface area contributed by atoms with Gasteiger partial charge in [-0.05, 0) is 51.9 Å². The Morgan fingerprint density at radius 3 is 2.30 bits per heavy atom. The van der Waals surface area contributed by atoms with Crippen LogP contribution in [-0.4, -0.2) is 0 Å². The molecule has 5 aromatic carbocycles. The predicted octanol–water partition coefficient (Wildman–Crippen LogP) is 9.01. The summed E-state index contributed by atoms with van der Waals surface area (Å²) < 4.78 is 2.73. The Hall–Kier alpha value is -3.07. The fourth-order valence-corrected chi connectivity index (χ4v) is 7.07. The molecule has 0 spiro atoms. The summed E-state index contributed by atoms with van der Waals surface area (Å²) in [5.41, 5.74) is 5.32. The first-order chi connectivity index (χ1) is 14.9. The molecular weight excluding hydrogens is 400 g/mol. The lowest BCUT2D eigenvalue weighted by Gasteiger charge is -2.21. The number of rotatable bonds is 1.